The fourth-order valence-corrected chi connectivity index (χ4v) is 2.38. The average molecular weight is 267 g/mol. The van der Waals surface area contributed by atoms with Gasteiger partial charge in [0.25, 0.3) is 5.56 Å². The molecule has 0 saturated carbocycles. The number of hydrogen-bond acceptors (Lipinski definition) is 3. The third kappa shape index (κ3) is 1.98. The lowest BCUT2D eigenvalue weighted by Gasteiger charge is -2.12. The zero-order valence-corrected chi connectivity index (χ0v) is 11.1. The molecule has 0 unspecified atom stereocenters. The monoisotopic (exact) mass is 266 g/mol. The van der Waals surface area contributed by atoms with Crippen molar-refractivity contribution in [2.45, 2.75) is 13.3 Å². The standard InChI is InChI=1S/C13H15ClN2O2/c1-7-8(5-6-15)13(17)16-12-9(14)3-4-10(18-2)11(7)12/h3-4H,5-6,15H2,1-2H3,(H,16,17). The van der Waals surface area contributed by atoms with Crippen molar-refractivity contribution in [1.29, 1.82) is 0 Å². The lowest BCUT2D eigenvalue weighted by Crippen LogP contribution is -2.18. The zero-order valence-electron chi connectivity index (χ0n) is 10.3. The molecule has 96 valence electrons. The van der Waals surface area contributed by atoms with Crippen molar-refractivity contribution in [1.82, 2.24) is 4.98 Å². The number of halogens is 1. The van der Waals surface area contributed by atoms with Crippen LogP contribution in [0.3, 0.4) is 0 Å². The normalized spacial score (nSPS) is 10.9. The van der Waals surface area contributed by atoms with Crippen molar-refractivity contribution in [3.8, 4) is 5.75 Å². The summed E-state index contributed by atoms with van der Waals surface area (Å²) < 4.78 is 5.32. The van der Waals surface area contributed by atoms with Crippen molar-refractivity contribution in [3.63, 3.8) is 0 Å². The van der Waals surface area contributed by atoms with E-state index in [1.807, 2.05) is 6.92 Å². The van der Waals surface area contributed by atoms with Crippen molar-refractivity contribution in [2.24, 2.45) is 5.73 Å². The number of nitrogens with one attached hydrogen (secondary N) is 1. The second kappa shape index (κ2) is 5.00. The minimum atomic E-state index is -0.138. The van der Waals surface area contributed by atoms with Gasteiger partial charge in [-0.15, -0.1) is 0 Å². The van der Waals surface area contributed by atoms with Gasteiger partial charge in [-0.2, -0.15) is 0 Å². The molecule has 2 aromatic rings. The first-order valence-electron chi connectivity index (χ1n) is 5.68. The summed E-state index contributed by atoms with van der Waals surface area (Å²) in [7, 11) is 1.59. The lowest BCUT2D eigenvalue weighted by atomic mass is 10.0. The van der Waals surface area contributed by atoms with Crippen LogP contribution in [0.4, 0.5) is 0 Å². The van der Waals surface area contributed by atoms with E-state index in [2.05, 4.69) is 4.98 Å². The first-order chi connectivity index (χ1) is 8.60. The van der Waals surface area contributed by atoms with Crippen LogP contribution in [0.15, 0.2) is 16.9 Å². The molecule has 0 aliphatic heterocycles. The third-order valence-corrected chi connectivity index (χ3v) is 3.39. The van der Waals surface area contributed by atoms with E-state index in [0.29, 0.717) is 34.8 Å². The number of benzene rings is 1. The van der Waals surface area contributed by atoms with Crippen LogP contribution in [0.5, 0.6) is 5.75 Å². The Morgan fingerprint density at radius 2 is 2.17 bits per heavy atom. The fourth-order valence-electron chi connectivity index (χ4n) is 2.18. The van der Waals surface area contributed by atoms with Gasteiger partial charge < -0.3 is 15.5 Å². The molecule has 5 heteroatoms. The number of aryl methyl sites for hydroxylation is 1. The molecule has 0 spiro atoms. The number of aromatic amines is 1. The van der Waals surface area contributed by atoms with E-state index < -0.39 is 0 Å². The van der Waals surface area contributed by atoms with Gasteiger partial charge in [0.2, 0.25) is 0 Å². The summed E-state index contributed by atoms with van der Waals surface area (Å²) in [5, 5.41) is 1.35. The molecule has 1 heterocycles. The Labute approximate surface area is 110 Å². The summed E-state index contributed by atoms with van der Waals surface area (Å²) in [5.41, 5.74) is 7.56. The maximum Gasteiger partial charge on any atom is 0.251 e. The number of nitrogens with two attached hydrogens (primary N) is 1. The molecule has 18 heavy (non-hydrogen) atoms. The highest BCUT2D eigenvalue weighted by atomic mass is 35.5. The van der Waals surface area contributed by atoms with Gasteiger partial charge in [0, 0.05) is 10.9 Å². The lowest BCUT2D eigenvalue weighted by molar-refractivity contribution is 0.419. The topological polar surface area (TPSA) is 68.1 Å². The van der Waals surface area contributed by atoms with Crippen molar-refractivity contribution in [2.75, 3.05) is 13.7 Å². The van der Waals surface area contributed by atoms with Gasteiger partial charge in [-0.3, -0.25) is 4.79 Å². The SMILES string of the molecule is COc1ccc(Cl)c2[nH]c(=O)c(CCN)c(C)c12. The molecule has 0 amide bonds. The van der Waals surface area contributed by atoms with Crippen LogP contribution in [-0.2, 0) is 6.42 Å². The zero-order chi connectivity index (χ0) is 13.3. The van der Waals surface area contributed by atoms with Gasteiger partial charge in [-0.1, -0.05) is 11.6 Å². The predicted octanol–water partition coefficient (Wildman–Crippen LogP) is 2.00. The number of hydrogen-bond donors (Lipinski definition) is 2. The van der Waals surface area contributed by atoms with Crippen molar-refractivity contribution >= 4 is 22.5 Å². The van der Waals surface area contributed by atoms with Crippen LogP contribution in [0.1, 0.15) is 11.1 Å². The first kappa shape index (κ1) is 12.9. The molecule has 0 aliphatic carbocycles. The van der Waals surface area contributed by atoms with Crippen molar-refractivity contribution < 1.29 is 4.74 Å². The molecule has 0 saturated heterocycles. The molecule has 0 atom stereocenters. The largest absolute Gasteiger partial charge is 0.496 e. The Balaban J connectivity index is 2.91. The van der Waals surface area contributed by atoms with Crippen LogP contribution >= 0.6 is 11.6 Å². The second-order valence-electron chi connectivity index (χ2n) is 4.10. The summed E-state index contributed by atoms with van der Waals surface area (Å²) in [5.74, 6) is 0.696. The van der Waals surface area contributed by atoms with E-state index in [0.717, 1.165) is 10.9 Å². The molecule has 0 aliphatic rings. The summed E-state index contributed by atoms with van der Waals surface area (Å²) in [6.07, 6.45) is 0.534. The number of fused-ring (bicyclic) bond motifs is 1. The Morgan fingerprint density at radius 1 is 1.44 bits per heavy atom. The minimum Gasteiger partial charge on any atom is -0.496 e. The number of rotatable bonds is 3. The van der Waals surface area contributed by atoms with Crippen LogP contribution in [-0.4, -0.2) is 18.6 Å². The summed E-state index contributed by atoms with van der Waals surface area (Å²) in [6.45, 7) is 2.32. The molecule has 0 bridgehead atoms. The Bertz CT molecular complexity index is 649. The van der Waals surface area contributed by atoms with E-state index in [1.165, 1.54) is 0 Å². The highest BCUT2D eigenvalue weighted by Gasteiger charge is 2.14. The van der Waals surface area contributed by atoms with Crippen LogP contribution in [0.25, 0.3) is 10.9 Å². The summed E-state index contributed by atoms with van der Waals surface area (Å²) in [4.78, 5) is 14.8. The van der Waals surface area contributed by atoms with E-state index >= 15 is 0 Å². The number of methoxy groups -OCH3 is 1. The number of pyridine rings is 1. The third-order valence-electron chi connectivity index (χ3n) is 3.07. The average Bonchev–Trinajstić information content (AvgIpc) is 2.36. The van der Waals surface area contributed by atoms with E-state index in [-0.39, 0.29) is 5.56 Å². The van der Waals surface area contributed by atoms with E-state index in [1.54, 1.807) is 19.2 Å². The second-order valence-corrected chi connectivity index (χ2v) is 4.50. The molecule has 2 rings (SSSR count). The van der Waals surface area contributed by atoms with Gasteiger partial charge in [-0.25, -0.2) is 0 Å². The highest BCUT2D eigenvalue weighted by molar-refractivity contribution is 6.35. The Hall–Kier alpha value is -1.52. The van der Waals surface area contributed by atoms with Gasteiger partial charge >= 0.3 is 0 Å². The molecule has 4 nitrogen and oxygen atoms in total. The Morgan fingerprint density at radius 3 is 2.78 bits per heavy atom. The molecular weight excluding hydrogens is 252 g/mol. The highest BCUT2D eigenvalue weighted by Crippen LogP contribution is 2.32. The maximum absolute atomic E-state index is 12.0. The van der Waals surface area contributed by atoms with Gasteiger partial charge in [0.1, 0.15) is 5.75 Å². The van der Waals surface area contributed by atoms with Gasteiger partial charge in [0.15, 0.2) is 0 Å². The number of ether oxygens (including phenoxy) is 1. The van der Waals surface area contributed by atoms with Crippen molar-refractivity contribution in [3.05, 3.63) is 38.6 Å². The van der Waals surface area contributed by atoms with Crippen LogP contribution in [0, 0.1) is 6.92 Å². The fraction of sp³-hybridized carbons (Fsp3) is 0.308. The number of aromatic nitrogens is 1. The van der Waals surface area contributed by atoms with E-state index in [9.17, 15) is 4.79 Å². The molecule has 1 aromatic carbocycles. The Kier molecular flexibility index (Phi) is 3.59. The molecular formula is C13H15ClN2O2. The molecule has 0 radical (unpaired) electrons. The first-order valence-corrected chi connectivity index (χ1v) is 6.06. The van der Waals surface area contributed by atoms with Gasteiger partial charge in [0.05, 0.1) is 17.6 Å². The van der Waals surface area contributed by atoms with Gasteiger partial charge in [-0.05, 0) is 37.6 Å². The summed E-state index contributed by atoms with van der Waals surface area (Å²) in [6, 6.07) is 3.50. The molecule has 0 fully saturated rings. The van der Waals surface area contributed by atoms with E-state index in [4.69, 9.17) is 22.1 Å². The van der Waals surface area contributed by atoms with Crippen LogP contribution < -0.4 is 16.0 Å². The van der Waals surface area contributed by atoms with Crippen LogP contribution in [0.2, 0.25) is 5.02 Å². The quantitative estimate of drug-likeness (QED) is 0.893. The molecule has 3 N–H and O–H groups in total. The maximum atomic E-state index is 12.0. The number of H-pyrrole nitrogens is 1. The predicted molar refractivity (Wildman–Crippen MR) is 73.6 cm³/mol. The molecule has 1 aromatic heterocycles. The summed E-state index contributed by atoms with van der Waals surface area (Å²) >= 11 is 6.11. The smallest absolute Gasteiger partial charge is 0.251 e. The minimum absolute atomic E-state index is 0.138.